The van der Waals surface area contributed by atoms with Gasteiger partial charge in [-0.05, 0) is 31.5 Å². The Bertz CT molecular complexity index is 399. The number of ether oxygens (including phenoxy) is 1. The third-order valence-electron chi connectivity index (χ3n) is 2.06. The number of carbonyl (C=O) groups is 1. The molecule has 1 aromatic carbocycles. The van der Waals surface area contributed by atoms with Crippen LogP contribution in [0.25, 0.3) is 0 Å². The van der Waals surface area contributed by atoms with Gasteiger partial charge in [-0.15, -0.1) is 12.4 Å². The molecule has 0 spiro atoms. The standard InChI is InChI=1S/C11H15BrN2O2.ClH/c1-3-16-6-10(15)14-9-5-8(12)4-7(2)11(9)13;/h4-5H,3,6,13H2,1-2H3,(H,14,15);1H. The van der Waals surface area contributed by atoms with Gasteiger partial charge < -0.3 is 15.8 Å². The number of hydrogen-bond donors (Lipinski definition) is 2. The molecule has 0 heterocycles. The minimum Gasteiger partial charge on any atom is -0.397 e. The Morgan fingerprint density at radius 2 is 2.18 bits per heavy atom. The van der Waals surface area contributed by atoms with Crippen molar-refractivity contribution in [3.05, 3.63) is 22.2 Å². The molecular weight excluding hydrogens is 307 g/mol. The van der Waals surface area contributed by atoms with Crippen molar-refractivity contribution in [2.45, 2.75) is 13.8 Å². The number of benzene rings is 1. The van der Waals surface area contributed by atoms with Crippen molar-refractivity contribution >= 4 is 45.6 Å². The number of nitrogens with two attached hydrogens (primary N) is 1. The summed E-state index contributed by atoms with van der Waals surface area (Å²) in [5.74, 6) is -0.203. The first kappa shape index (κ1) is 16.2. The molecule has 1 amide bonds. The summed E-state index contributed by atoms with van der Waals surface area (Å²) < 4.78 is 5.88. The van der Waals surface area contributed by atoms with E-state index in [9.17, 15) is 4.79 Å². The number of rotatable bonds is 4. The Balaban J connectivity index is 0.00000256. The fourth-order valence-corrected chi connectivity index (χ4v) is 1.81. The van der Waals surface area contributed by atoms with Crippen LogP contribution in [0.1, 0.15) is 12.5 Å². The molecule has 0 saturated carbocycles. The van der Waals surface area contributed by atoms with E-state index in [0.717, 1.165) is 10.0 Å². The lowest BCUT2D eigenvalue weighted by atomic mass is 10.2. The first-order valence-electron chi connectivity index (χ1n) is 4.97. The highest BCUT2D eigenvalue weighted by atomic mass is 79.9. The van der Waals surface area contributed by atoms with Crippen LogP contribution in [-0.4, -0.2) is 19.1 Å². The second-order valence-electron chi connectivity index (χ2n) is 3.37. The molecule has 0 fully saturated rings. The molecule has 4 nitrogen and oxygen atoms in total. The van der Waals surface area contributed by atoms with Gasteiger partial charge in [0.1, 0.15) is 6.61 Å². The van der Waals surface area contributed by atoms with Crippen LogP contribution in [0.15, 0.2) is 16.6 Å². The molecule has 0 aliphatic heterocycles. The lowest BCUT2D eigenvalue weighted by Gasteiger charge is -2.11. The zero-order valence-corrected chi connectivity index (χ0v) is 12.2. The zero-order chi connectivity index (χ0) is 12.1. The molecule has 1 rings (SSSR count). The van der Waals surface area contributed by atoms with Crippen LogP contribution in [0, 0.1) is 6.92 Å². The van der Waals surface area contributed by atoms with Crippen LogP contribution in [-0.2, 0) is 9.53 Å². The van der Waals surface area contributed by atoms with Gasteiger partial charge in [0.25, 0.3) is 0 Å². The SMILES string of the molecule is CCOCC(=O)Nc1cc(Br)cc(C)c1N.Cl. The molecular formula is C11H16BrClN2O2. The van der Waals surface area contributed by atoms with Crippen LogP contribution < -0.4 is 11.1 Å². The van der Waals surface area contributed by atoms with Crippen molar-refractivity contribution in [1.29, 1.82) is 0 Å². The summed E-state index contributed by atoms with van der Waals surface area (Å²) in [5, 5.41) is 2.71. The van der Waals surface area contributed by atoms with Crippen LogP contribution in [0.2, 0.25) is 0 Å². The second kappa shape index (κ2) is 7.53. The highest BCUT2D eigenvalue weighted by Gasteiger charge is 2.08. The molecule has 0 saturated heterocycles. The van der Waals surface area contributed by atoms with E-state index in [4.69, 9.17) is 10.5 Å². The Labute approximate surface area is 115 Å². The van der Waals surface area contributed by atoms with E-state index >= 15 is 0 Å². The number of hydrogen-bond acceptors (Lipinski definition) is 3. The predicted octanol–water partition coefficient (Wildman–Crippen LogP) is 2.74. The number of anilines is 2. The highest BCUT2D eigenvalue weighted by molar-refractivity contribution is 9.10. The van der Waals surface area contributed by atoms with Gasteiger partial charge in [0, 0.05) is 11.1 Å². The van der Waals surface area contributed by atoms with Gasteiger partial charge in [-0.3, -0.25) is 4.79 Å². The average molecular weight is 324 g/mol. The van der Waals surface area contributed by atoms with Crippen molar-refractivity contribution < 1.29 is 9.53 Å². The summed E-state index contributed by atoms with van der Waals surface area (Å²) in [7, 11) is 0. The third kappa shape index (κ3) is 4.93. The van der Waals surface area contributed by atoms with Crippen molar-refractivity contribution in [3.63, 3.8) is 0 Å². The molecule has 0 unspecified atom stereocenters. The fourth-order valence-electron chi connectivity index (χ4n) is 1.24. The first-order chi connectivity index (χ1) is 7.54. The minimum absolute atomic E-state index is 0. The zero-order valence-electron chi connectivity index (χ0n) is 9.75. The van der Waals surface area contributed by atoms with Gasteiger partial charge in [-0.1, -0.05) is 15.9 Å². The molecule has 0 aliphatic carbocycles. The molecule has 96 valence electrons. The van der Waals surface area contributed by atoms with Crippen LogP contribution in [0.3, 0.4) is 0 Å². The summed E-state index contributed by atoms with van der Waals surface area (Å²) >= 11 is 3.35. The van der Waals surface area contributed by atoms with Gasteiger partial charge >= 0.3 is 0 Å². The minimum atomic E-state index is -0.203. The lowest BCUT2D eigenvalue weighted by molar-refractivity contribution is -0.120. The molecule has 0 aromatic heterocycles. The van der Waals surface area contributed by atoms with Crippen LogP contribution in [0.5, 0.6) is 0 Å². The van der Waals surface area contributed by atoms with Gasteiger partial charge in [0.05, 0.1) is 11.4 Å². The maximum atomic E-state index is 11.4. The largest absolute Gasteiger partial charge is 0.397 e. The molecule has 17 heavy (non-hydrogen) atoms. The second-order valence-corrected chi connectivity index (χ2v) is 4.28. The van der Waals surface area contributed by atoms with Gasteiger partial charge in [0.2, 0.25) is 5.91 Å². The van der Waals surface area contributed by atoms with E-state index < -0.39 is 0 Å². The van der Waals surface area contributed by atoms with Crippen LogP contribution >= 0.6 is 28.3 Å². The van der Waals surface area contributed by atoms with Gasteiger partial charge in [0.15, 0.2) is 0 Å². The molecule has 6 heteroatoms. The van der Waals surface area contributed by atoms with Gasteiger partial charge in [-0.25, -0.2) is 0 Å². The Morgan fingerprint density at radius 1 is 1.53 bits per heavy atom. The monoisotopic (exact) mass is 322 g/mol. The lowest BCUT2D eigenvalue weighted by Crippen LogP contribution is -2.19. The smallest absolute Gasteiger partial charge is 0.250 e. The summed E-state index contributed by atoms with van der Waals surface area (Å²) in [6.45, 7) is 4.28. The number of carbonyl (C=O) groups excluding carboxylic acids is 1. The topological polar surface area (TPSA) is 64.3 Å². The quantitative estimate of drug-likeness (QED) is 0.837. The van der Waals surface area contributed by atoms with Crippen molar-refractivity contribution in [2.24, 2.45) is 0 Å². The summed E-state index contributed by atoms with van der Waals surface area (Å²) in [4.78, 5) is 11.4. The highest BCUT2D eigenvalue weighted by Crippen LogP contribution is 2.27. The van der Waals surface area contributed by atoms with E-state index in [1.54, 1.807) is 6.07 Å². The Kier molecular flexibility index (Phi) is 7.18. The molecule has 0 atom stereocenters. The number of nitrogen functional groups attached to an aromatic ring is 1. The van der Waals surface area contributed by atoms with E-state index in [1.807, 2.05) is 19.9 Å². The maximum absolute atomic E-state index is 11.4. The normalized spacial score (nSPS) is 9.59. The maximum Gasteiger partial charge on any atom is 0.250 e. The van der Waals surface area contributed by atoms with Crippen molar-refractivity contribution in [3.8, 4) is 0 Å². The number of nitrogens with one attached hydrogen (secondary N) is 1. The number of amides is 1. The number of halogens is 2. The van der Waals surface area contributed by atoms with E-state index in [1.165, 1.54) is 0 Å². The Morgan fingerprint density at radius 3 is 2.76 bits per heavy atom. The predicted molar refractivity (Wildman–Crippen MR) is 75.7 cm³/mol. The third-order valence-corrected chi connectivity index (χ3v) is 2.52. The molecule has 3 N–H and O–H groups in total. The van der Waals surface area contributed by atoms with Crippen LogP contribution in [0.4, 0.5) is 11.4 Å². The van der Waals surface area contributed by atoms with E-state index in [0.29, 0.717) is 18.0 Å². The summed E-state index contributed by atoms with van der Waals surface area (Å²) in [5.41, 5.74) is 7.95. The molecule has 0 radical (unpaired) electrons. The van der Waals surface area contributed by atoms with E-state index in [2.05, 4.69) is 21.2 Å². The van der Waals surface area contributed by atoms with Crippen molar-refractivity contribution in [2.75, 3.05) is 24.3 Å². The Hall–Kier alpha value is -0.780. The fraction of sp³-hybridized carbons (Fsp3) is 0.364. The van der Waals surface area contributed by atoms with Gasteiger partial charge in [-0.2, -0.15) is 0 Å². The summed E-state index contributed by atoms with van der Waals surface area (Å²) in [6.07, 6.45) is 0. The van der Waals surface area contributed by atoms with Crippen molar-refractivity contribution in [1.82, 2.24) is 0 Å². The first-order valence-corrected chi connectivity index (χ1v) is 5.77. The van der Waals surface area contributed by atoms with E-state index in [-0.39, 0.29) is 24.9 Å². The molecule has 0 bridgehead atoms. The average Bonchev–Trinajstić information content (AvgIpc) is 2.22. The number of aryl methyl sites for hydroxylation is 1. The molecule has 1 aromatic rings. The summed E-state index contributed by atoms with van der Waals surface area (Å²) in [6, 6.07) is 3.67. The molecule has 0 aliphatic rings.